The number of phenols is 1. The maximum Gasteiger partial charge on any atom is 0.342 e. The van der Waals surface area contributed by atoms with Gasteiger partial charge in [-0.1, -0.05) is 46.3 Å². The van der Waals surface area contributed by atoms with Gasteiger partial charge in [-0.3, -0.25) is 4.79 Å². The molecule has 0 radical (unpaired) electrons. The highest BCUT2D eigenvalue weighted by Gasteiger charge is 2.24. The number of benzene rings is 3. The van der Waals surface area contributed by atoms with Gasteiger partial charge < -0.3 is 5.11 Å². The number of nitrogens with zero attached hydrogens (tertiary/aromatic N) is 3. The number of thioether (sulfide) groups is 1. The van der Waals surface area contributed by atoms with Gasteiger partial charge in [-0.25, -0.2) is 5.43 Å². The van der Waals surface area contributed by atoms with Crippen LogP contribution in [0, 0.1) is 0 Å². The Hall–Kier alpha value is -3.43. The van der Waals surface area contributed by atoms with E-state index in [4.69, 9.17) is 0 Å². The van der Waals surface area contributed by atoms with Crippen LogP contribution in [-0.4, -0.2) is 33.2 Å². The van der Waals surface area contributed by atoms with E-state index in [-0.39, 0.29) is 17.4 Å². The number of hydrogen-bond acceptors (Lipinski definition) is 5. The summed E-state index contributed by atoms with van der Waals surface area (Å²) in [6.07, 6.45) is 1.48. The third-order valence-electron chi connectivity index (χ3n) is 4.41. The van der Waals surface area contributed by atoms with Crippen LogP contribution in [0.2, 0.25) is 0 Å². The van der Waals surface area contributed by atoms with Crippen molar-refractivity contribution in [1.29, 1.82) is 0 Å². The zero-order chi connectivity index (χ0) is 22.3. The topological polar surface area (TPSA) is 94.3 Å². The number of hydrazone groups is 1. The van der Waals surface area contributed by atoms with Crippen molar-refractivity contribution in [1.82, 2.24) is 15.6 Å². The lowest BCUT2D eigenvalue weighted by Gasteiger charge is -2.04. The number of carbonyl (C=O) groups excluding carboxylic acids is 1. The molecule has 7 nitrogen and oxygen atoms in total. The third-order valence-corrected chi connectivity index (χ3v) is 5.88. The smallest absolute Gasteiger partial charge is 0.342 e. The molecule has 1 aromatic heterocycles. The molecule has 4 aromatic rings. The highest BCUT2D eigenvalue weighted by Crippen LogP contribution is 2.21. The van der Waals surface area contributed by atoms with Gasteiger partial charge in [0.05, 0.1) is 22.6 Å². The van der Waals surface area contributed by atoms with Gasteiger partial charge in [-0.2, -0.15) is 9.67 Å². The highest BCUT2D eigenvalue weighted by molar-refractivity contribution is 9.10. The van der Waals surface area contributed by atoms with Crippen molar-refractivity contribution in [3.05, 3.63) is 88.9 Å². The van der Waals surface area contributed by atoms with E-state index in [1.54, 1.807) is 24.3 Å². The normalized spacial score (nSPS) is 11.0. The minimum atomic E-state index is -0.266. The standard InChI is InChI=1S/C23H18BrN5O2S/c24-18-9-11-19(12-10-18)29-22(17-6-2-1-3-7-17)27-28-23(29)32-15-21(31)26-25-14-16-5-4-8-20(30)13-16/h1-14H,15H2,(H2,26,30,31)/p+1/b25-14+. The van der Waals surface area contributed by atoms with Gasteiger partial charge in [0.2, 0.25) is 0 Å². The minimum Gasteiger partial charge on any atom is -0.508 e. The van der Waals surface area contributed by atoms with Gasteiger partial charge in [-0.05, 0) is 65.9 Å². The summed E-state index contributed by atoms with van der Waals surface area (Å²) in [5, 5.41) is 21.6. The number of aromatic hydroxyl groups is 1. The molecule has 160 valence electrons. The summed E-state index contributed by atoms with van der Waals surface area (Å²) in [6.45, 7) is 0. The second-order valence-electron chi connectivity index (χ2n) is 6.71. The molecule has 4 rings (SSSR count). The molecular weight excluding hydrogens is 490 g/mol. The zero-order valence-corrected chi connectivity index (χ0v) is 19.2. The number of rotatable bonds is 7. The molecule has 1 heterocycles. The highest BCUT2D eigenvalue weighted by atomic mass is 79.9. The van der Waals surface area contributed by atoms with E-state index in [0.717, 1.165) is 21.5 Å². The van der Waals surface area contributed by atoms with E-state index >= 15 is 0 Å². The number of halogens is 1. The first kappa shape index (κ1) is 21.8. The fraction of sp³-hybridized carbons (Fsp3) is 0.0435. The fourth-order valence-corrected chi connectivity index (χ4v) is 3.98. The van der Waals surface area contributed by atoms with Gasteiger partial charge in [0.15, 0.2) is 0 Å². The van der Waals surface area contributed by atoms with E-state index in [1.165, 1.54) is 18.0 Å². The Balaban J connectivity index is 1.50. The number of amides is 1. The number of aromatic amines is 1. The first-order valence-electron chi connectivity index (χ1n) is 9.65. The van der Waals surface area contributed by atoms with Crippen LogP contribution in [0.5, 0.6) is 5.75 Å². The lowest BCUT2D eigenvalue weighted by Crippen LogP contribution is -2.34. The maximum absolute atomic E-state index is 12.3. The Labute approximate surface area is 197 Å². The van der Waals surface area contributed by atoms with E-state index in [0.29, 0.717) is 10.7 Å². The molecule has 0 atom stereocenters. The number of hydrogen-bond donors (Lipinski definition) is 3. The minimum absolute atomic E-state index is 0.132. The lowest BCUT2D eigenvalue weighted by atomic mass is 10.2. The summed E-state index contributed by atoms with van der Waals surface area (Å²) in [5.74, 6) is 0.823. The monoisotopic (exact) mass is 508 g/mol. The Morgan fingerprint density at radius 3 is 2.66 bits per heavy atom. The molecule has 0 aliphatic rings. The molecule has 3 N–H and O–H groups in total. The molecule has 9 heteroatoms. The van der Waals surface area contributed by atoms with E-state index in [1.807, 2.05) is 59.2 Å². The number of H-pyrrole nitrogens is 1. The largest absolute Gasteiger partial charge is 0.508 e. The van der Waals surface area contributed by atoms with Crippen LogP contribution in [0.15, 0.2) is 93.6 Å². The SMILES string of the molecule is O=C(CSc1n[nH]c(-c2ccccc2)[n+]1-c1ccc(Br)cc1)N/N=C/c1cccc(O)c1. The molecule has 0 saturated heterocycles. The number of phenolic OH excluding ortho intramolecular Hbond substituents is 1. The Kier molecular flexibility index (Phi) is 6.98. The predicted molar refractivity (Wildman–Crippen MR) is 128 cm³/mol. The number of aromatic nitrogens is 3. The summed E-state index contributed by atoms with van der Waals surface area (Å²) < 4.78 is 2.96. The van der Waals surface area contributed by atoms with Crippen LogP contribution < -0.4 is 9.99 Å². The van der Waals surface area contributed by atoms with Crippen molar-refractivity contribution in [2.24, 2.45) is 5.10 Å². The average Bonchev–Trinajstić information content (AvgIpc) is 3.23. The molecule has 3 aromatic carbocycles. The van der Waals surface area contributed by atoms with Gasteiger partial charge in [0, 0.05) is 4.47 Å². The average molecular weight is 509 g/mol. The molecule has 0 spiro atoms. The summed E-state index contributed by atoms with van der Waals surface area (Å²) in [4.78, 5) is 12.3. The first-order valence-corrected chi connectivity index (χ1v) is 11.4. The quantitative estimate of drug-likeness (QED) is 0.152. The predicted octanol–water partition coefficient (Wildman–Crippen LogP) is 4.06. The molecule has 0 bridgehead atoms. The molecule has 1 amide bonds. The second-order valence-corrected chi connectivity index (χ2v) is 8.57. The van der Waals surface area contributed by atoms with Crippen molar-refractivity contribution in [2.75, 3.05) is 5.75 Å². The third kappa shape index (κ3) is 5.43. The first-order chi connectivity index (χ1) is 15.6. The van der Waals surface area contributed by atoms with Crippen molar-refractivity contribution in [3.8, 4) is 22.8 Å². The van der Waals surface area contributed by atoms with Crippen molar-refractivity contribution < 1.29 is 14.5 Å². The summed E-state index contributed by atoms with van der Waals surface area (Å²) >= 11 is 4.77. The number of carbonyl (C=O) groups is 1. The van der Waals surface area contributed by atoms with E-state index in [9.17, 15) is 9.90 Å². The van der Waals surface area contributed by atoms with E-state index < -0.39 is 0 Å². The molecule has 0 unspecified atom stereocenters. The van der Waals surface area contributed by atoms with Gasteiger partial charge in [0.25, 0.3) is 11.7 Å². The van der Waals surface area contributed by atoms with Gasteiger partial charge in [-0.15, -0.1) is 5.10 Å². The second kappa shape index (κ2) is 10.3. The maximum atomic E-state index is 12.3. The van der Waals surface area contributed by atoms with Crippen molar-refractivity contribution >= 4 is 39.8 Å². The molecule has 0 fully saturated rings. The van der Waals surface area contributed by atoms with Crippen LogP contribution in [0.1, 0.15) is 5.56 Å². The molecule has 0 aliphatic heterocycles. The zero-order valence-electron chi connectivity index (χ0n) is 16.8. The number of nitrogens with one attached hydrogen (secondary N) is 2. The van der Waals surface area contributed by atoms with Gasteiger partial charge in [0.1, 0.15) is 11.4 Å². The molecular formula is C23H19BrN5O2S+. The Bertz CT molecular complexity index is 1240. The summed E-state index contributed by atoms with van der Waals surface area (Å²) in [7, 11) is 0. The molecule has 32 heavy (non-hydrogen) atoms. The lowest BCUT2D eigenvalue weighted by molar-refractivity contribution is -0.625. The van der Waals surface area contributed by atoms with Gasteiger partial charge >= 0.3 is 5.16 Å². The van der Waals surface area contributed by atoms with Crippen LogP contribution >= 0.6 is 27.7 Å². The van der Waals surface area contributed by atoms with Crippen molar-refractivity contribution in [3.63, 3.8) is 0 Å². The molecule has 0 saturated carbocycles. The van der Waals surface area contributed by atoms with Crippen LogP contribution in [0.3, 0.4) is 0 Å². The molecule has 0 aliphatic carbocycles. The summed E-state index contributed by atoms with van der Waals surface area (Å²) in [6, 6.07) is 24.4. The van der Waals surface area contributed by atoms with Crippen LogP contribution in [0.4, 0.5) is 0 Å². The Morgan fingerprint density at radius 1 is 1.12 bits per heavy atom. The van der Waals surface area contributed by atoms with Crippen LogP contribution in [-0.2, 0) is 4.79 Å². The fourth-order valence-electron chi connectivity index (χ4n) is 2.96. The van der Waals surface area contributed by atoms with E-state index in [2.05, 4.69) is 36.7 Å². The van der Waals surface area contributed by atoms with Crippen LogP contribution in [0.25, 0.3) is 17.1 Å². The summed E-state index contributed by atoms with van der Waals surface area (Å²) in [5.41, 5.74) is 5.09. The van der Waals surface area contributed by atoms with Crippen molar-refractivity contribution in [2.45, 2.75) is 5.16 Å². The Morgan fingerprint density at radius 2 is 1.91 bits per heavy atom.